The van der Waals surface area contributed by atoms with Gasteiger partial charge in [0.05, 0.1) is 12.7 Å². The number of allylic oxidation sites excluding steroid dienone is 1. The van der Waals surface area contributed by atoms with Crippen LogP contribution < -0.4 is 0 Å². The van der Waals surface area contributed by atoms with Crippen molar-refractivity contribution in [1.29, 1.82) is 0 Å². The first-order valence-corrected chi connectivity index (χ1v) is 5.80. The van der Waals surface area contributed by atoms with Crippen LogP contribution in [0.3, 0.4) is 0 Å². The summed E-state index contributed by atoms with van der Waals surface area (Å²) < 4.78 is 5.71. The van der Waals surface area contributed by atoms with Crippen LogP contribution in [0.5, 0.6) is 0 Å². The number of ether oxygens (including phenoxy) is 1. The standard InChI is InChI=1S/C13H22O/c1-3-5-6-8-12-9-7-10-13(12)14-11-4-2/h4,9,13H,2-3,5-8,10-11H2,1H3. The van der Waals surface area contributed by atoms with E-state index in [-0.39, 0.29) is 0 Å². The van der Waals surface area contributed by atoms with E-state index in [0.29, 0.717) is 12.7 Å². The maximum Gasteiger partial charge on any atom is 0.0792 e. The Balaban J connectivity index is 2.23. The summed E-state index contributed by atoms with van der Waals surface area (Å²) in [5.74, 6) is 0. The van der Waals surface area contributed by atoms with E-state index in [1.165, 1.54) is 44.1 Å². The molecule has 0 spiro atoms. The van der Waals surface area contributed by atoms with Gasteiger partial charge in [-0.2, -0.15) is 0 Å². The lowest BCUT2D eigenvalue weighted by Gasteiger charge is -2.14. The molecule has 1 rings (SSSR count). The minimum absolute atomic E-state index is 0.393. The second-order valence-electron chi connectivity index (χ2n) is 3.92. The van der Waals surface area contributed by atoms with Gasteiger partial charge in [0.2, 0.25) is 0 Å². The molecule has 14 heavy (non-hydrogen) atoms. The molecule has 0 N–H and O–H groups in total. The van der Waals surface area contributed by atoms with Crippen molar-refractivity contribution in [3.05, 3.63) is 24.3 Å². The zero-order chi connectivity index (χ0) is 10.2. The molecule has 0 radical (unpaired) electrons. The second-order valence-corrected chi connectivity index (χ2v) is 3.92. The van der Waals surface area contributed by atoms with Crippen LogP contribution in [0, 0.1) is 0 Å². The Bertz CT molecular complexity index is 193. The smallest absolute Gasteiger partial charge is 0.0792 e. The lowest BCUT2D eigenvalue weighted by Crippen LogP contribution is -2.12. The normalized spacial score (nSPS) is 20.9. The fourth-order valence-electron chi connectivity index (χ4n) is 1.95. The van der Waals surface area contributed by atoms with Gasteiger partial charge in [-0.25, -0.2) is 0 Å². The Hall–Kier alpha value is -0.560. The molecule has 0 amide bonds. The number of unbranched alkanes of at least 4 members (excludes halogenated alkanes) is 2. The molecule has 1 nitrogen and oxygen atoms in total. The Morgan fingerprint density at radius 1 is 1.57 bits per heavy atom. The highest BCUT2D eigenvalue weighted by Crippen LogP contribution is 2.26. The van der Waals surface area contributed by atoms with Crippen LogP contribution in [0.25, 0.3) is 0 Å². The molecule has 0 saturated heterocycles. The molecule has 1 aliphatic carbocycles. The van der Waals surface area contributed by atoms with Gasteiger partial charge in [0.1, 0.15) is 0 Å². The van der Waals surface area contributed by atoms with Gasteiger partial charge in [-0.1, -0.05) is 31.9 Å². The first-order chi connectivity index (χ1) is 6.88. The van der Waals surface area contributed by atoms with Crippen molar-refractivity contribution >= 4 is 0 Å². The highest BCUT2D eigenvalue weighted by Gasteiger charge is 2.18. The summed E-state index contributed by atoms with van der Waals surface area (Å²) in [5.41, 5.74) is 1.53. The fraction of sp³-hybridized carbons (Fsp3) is 0.692. The summed E-state index contributed by atoms with van der Waals surface area (Å²) in [6, 6.07) is 0. The third kappa shape index (κ3) is 3.67. The van der Waals surface area contributed by atoms with Crippen LogP contribution in [0.2, 0.25) is 0 Å². The van der Waals surface area contributed by atoms with Gasteiger partial charge >= 0.3 is 0 Å². The van der Waals surface area contributed by atoms with E-state index in [1.807, 2.05) is 6.08 Å². The molecule has 1 heteroatoms. The molecule has 0 aromatic carbocycles. The highest BCUT2D eigenvalue weighted by molar-refractivity contribution is 5.14. The SMILES string of the molecule is C=CCOC1CCC=C1CCCCC. The molecule has 0 saturated carbocycles. The van der Waals surface area contributed by atoms with Crippen molar-refractivity contribution in [2.75, 3.05) is 6.61 Å². The van der Waals surface area contributed by atoms with E-state index in [4.69, 9.17) is 4.74 Å². The molecule has 0 bridgehead atoms. The monoisotopic (exact) mass is 194 g/mol. The van der Waals surface area contributed by atoms with Crippen LogP contribution in [0.1, 0.15) is 45.4 Å². The van der Waals surface area contributed by atoms with E-state index < -0.39 is 0 Å². The predicted octanol–water partition coefficient (Wildman–Crippen LogP) is 3.86. The number of hydrogen-bond acceptors (Lipinski definition) is 1. The van der Waals surface area contributed by atoms with Gasteiger partial charge < -0.3 is 4.74 Å². The van der Waals surface area contributed by atoms with Crippen LogP contribution in [-0.4, -0.2) is 12.7 Å². The zero-order valence-electron chi connectivity index (χ0n) is 9.30. The van der Waals surface area contributed by atoms with Crippen molar-refractivity contribution in [3.8, 4) is 0 Å². The third-order valence-corrected chi connectivity index (χ3v) is 2.73. The second kappa shape index (κ2) is 6.83. The molecule has 80 valence electrons. The molecule has 1 aliphatic rings. The Labute approximate surface area is 87.8 Å². The summed E-state index contributed by atoms with van der Waals surface area (Å²) >= 11 is 0. The largest absolute Gasteiger partial charge is 0.370 e. The highest BCUT2D eigenvalue weighted by atomic mass is 16.5. The molecule has 0 aliphatic heterocycles. The maximum absolute atomic E-state index is 5.71. The van der Waals surface area contributed by atoms with Crippen molar-refractivity contribution in [2.45, 2.75) is 51.6 Å². The quantitative estimate of drug-likeness (QED) is 0.442. The summed E-state index contributed by atoms with van der Waals surface area (Å²) in [7, 11) is 0. The van der Waals surface area contributed by atoms with E-state index in [0.717, 1.165) is 0 Å². The first-order valence-electron chi connectivity index (χ1n) is 5.80. The van der Waals surface area contributed by atoms with E-state index >= 15 is 0 Å². The van der Waals surface area contributed by atoms with Gasteiger partial charge in [0, 0.05) is 0 Å². The lowest BCUT2D eigenvalue weighted by molar-refractivity contribution is 0.0990. The molecular formula is C13H22O. The fourth-order valence-corrected chi connectivity index (χ4v) is 1.95. The van der Waals surface area contributed by atoms with Crippen LogP contribution in [-0.2, 0) is 4.74 Å². The molecular weight excluding hydrogens is 172 g/mol. The van der Waals surface area contributed by atoms with Crippen LogP contribution in [0.4, 0.5) is 0 Å². The lowest BCUT2D eigenvalue weighted by atomic mass is 10.1. The molecule has 0 aromatic heterocycles. The van der Waals surface area contributed by atoms with Gasteiger partial charge in [-0.3, -0.25) is 0 Å². The predicted molar refractivity (Wildman–Crippen MR) is 61.4 cm³/mol. The van der Waals surface area contributed by atoms with Gasteiger partial charge in [0.25, 0.3) is 0 Å². The molecule has 0 aromatic rings. The molecule has 0 heterocycles. The topological polar surface area (TPSA) is 9.23 Å². The number of hydrogen-bond donors (Lipinski definition) is 0. The summed E-state index contributed by atoms with van der Waals surface area (Å²) in [4.78, 5) is 0. The molecule has 1 atom stereocenters. The Morgan fingerprint density at radius 2 is 2.43 bits per heavy atom. The van der Waals surface area contributed by atoms with Crippen molar-refractivity contribution in [1.82, 2.24) is 0 Å². The third-order valence-electron chi connectivity index (χ3n) is 2.73. The molecule has 0 fully saturated rings. The molecule has 1 unspecified atom stereocenters. The van der Waals surface area contributed by atoms with Crippen LogP contribution >= 0.6 is 0 Å². The van der Waals surface area contributed by atoms with Crippen LogP contribution in [0.15, 0.2) is 24.3 Å². The van der Waals surface area contributed by atoms with Crippen molar-refractivity contribution in [3.63, 3.8) is 0 Å². The Kier molecular flexibility index (Phi) is 5.62. The first kappa shape index (κ1) is 11.5. The average Bonchev–Trinajstić information content (AvgIpc) is 2.63. The maximum atomic E-state index is 5.71. The minimum atomic E-state index is 0.393. The van der Waals surface area contributed by atoms with Gasteiger partial charge in [-0.05, 0) is 31.3 Å². The van der Waals surface area contributed by atoms with Crippen molar-refractivity contribution in [2.24, 2.45) is 0 Å². The number of rotatable bonds is 7. The Morgan fingerprint density at radius 3 is 3.14 bits per heavy atom. The van der Waals surface area contributed by atoms with Gasteiger partial charge in [0.15, 0.2) is 0 Å². The zero-order valence-corrected chi connectivity index (χ0v) is 9.30. The van der Waals surface area contributed by atoms with E-state index in [1.54, 1.807) is 0 Å². The summed E-state index contributed by atoms with van der Waals surface area (Å²) in [6.45, 7) is 6.61. The van der Waals surface area contributed by atoms with Crippen molar-refractivity contribution < 1.29 is 4.74 Å². The van der Waals surface area contributed by atoms with Gasteiger partial charge in [-0.15, -0.1) is 6.58 Å². The minimum Gasteiger partial charge on any atom is -0.370 e. The van der Waals surface area contributed by atoms with E-state index in [2.05, 4.69) is 19.6 Å². The summed E-state index contributed by atoms with van der Waals surface area (Å²) in [5, 5.41) is 0. The van der Waals surface area contributed by atoms with E-state index in [9.17, 15) is 0 Å². The average molecular weight is 194 g/mol. The summed E-state index contributed by atoms with van der Waals surface area (Å²) in [6.07, 6.45) is 12.2.